The fourth-order valence-electron chi connectivity index (χ4n) is 3.52. The van der Waals surface area contributed by atoms with Gasteiger partial charge in [0.1, 0.15) is 0 Å². The van der Waals surface area contributed by atoms with E-state index in [9.17, 15) is 9.59 Å². The smallest absolute Gasteiger partial charge is 0.248 e. The summed E-state index contributed by atoms with van der Waals surface area (Å²) >= 11 is 0. The Morgan fingerprint density at radius 1 is 0.926 bits per heavy atom. The highest BCUT2D eigenvalue weighted by atomic mass is 16.2. The Hall–Kier alpha value is -2.66. The Balaban J connectivity index is 1.57. The lowest BCUT2D eigenvalue weighted by molar-refractivity contribution is -0.138. The van der Waals surface area contributed by atoms with E-state index in [1.165, 1.54) is 0 Å². The largest absolute Gasteiger partial charge is 0.366 e. The van der Waals surface area contributed by atoms with Crippen molar-refractivity contribution in [3.05, 3.63) is 71.3 Å². The molecule has 27 heavy (non-hydrogen) atoms. The predicted octanol–water partition coefficient (Wildman–Crippen LogP) is 2.41. The van der Waals surface area contributed by atoms with Gasteiger partial charge in [-0.1, -0.05) is 42.5 Å². The van der Waals surface area contributed by atoms with E-state index >= 15 is 0 Å². The van der Waals surface area contributed by atoms with Crippen molar-refractivity contribution >= 4 is 11.8 Å². The van der Waals surface area contributed by atoms with Crippen molar-refractivity contribution in [1.29, 1.82) is 0 Å². The number of piperazine rings is 1. The van der Waals surface area contributed by atoms with Gasteiger partial charge in [0.2, 0.25) is 11.8 Å². The van der Waals surface area contributed by atoms with E-state index in [-0.39, 0.29) is 5.91 Å². The third-order valence-corrected chi connectivity index (χ3v) is 5.33. The lowest BCUT2D eigenvalue weighted by Gasteiger charge is -2.38. The molecule has 3 rings (SSSR count). The monoisotopic (exact) mass is 365 g/mol. The first-order chi connectivity index (χ1) is 12.9. The Morgan fingerprint density at radius 3 is 2.07 bits per heavy atom. The molecular weight excluding hydrogens is 338 g/mol. The molecule has 0 radical (unpaired) electrons. The van der Waals surface area contributed by atoms with Crippen LogP contribution in [0.15, 0.2) is 54.6 Å². The number of nitrogens with zero attached hydrogens (tertiary/aromatic N) is 2. The molecule has 5 nitrogen and oxygen atoms in total. The standard InChI is InChI=1S/C22H27N3O2/c1-22(2,19-6-4-3-5-7-19)21(27)25-14-12-24(13-15-25)16-17-8-10-18(11-9-17)20(23)26/h3-11H,12-16H2,1-2H3,(H2,23,26). The molecule has 1 saturated heterocycles. The van der Waals surface area contributed by atoms with E-state index < -0.39 is 11.3 Å². The second kappa shape index (κ2) is 7.92. The number of amides is 2. The Labute approximate surface area is 160 Å². The molecule has 2 amide bonds. The van der Waals surface area contributed by atoms with Gasteiger partial charge in [0.15, 0.2) is 0 Å². The van der Waals surface area contributed by atoms with E-state index in [4.69, 9.17) is 5.73 Å². The van der Waals surface area contributed by atoms with Crippen LogP contribution in [0.2, 0.25) is 0 Å². The normalized spacial score (nSPS) is 15.6. The first-order valence-corrected chi connectivity index (χ1v) is 9.34. The van der Waals surface area contributed by atoms with E-state index in [0.717, 1.165) is 43.9 Å². The average Bonchev–Trinajstić information content (AvgIpc) is 2.69. The molecule has 0 aromatic heterocycles. The minimum atomic E-state index is -0.520. The molecule has 5 heteroatoms. The van der Waals surface area contributed by atoms with Crippen LogP contribution in [0.1, 0.15) is 35.3 Å². The summed E-state index contributed by atoms with van der Waals surface area (Å²) in [5, 5.41) is 0. The molecule has 0 unspecified atom stereocenters. The molecule has 1 fully saturated rings. The average molecular weight is 365 g/mol. The molecule has 142 valence electrons. The maximum Gasteiger partial charge on any atom is 0.248 e. The molecular formula is C22H27N3O2. The summed E-state index contributed by atoms with van der Waals surface area (Å²) in [6.07, 6.45) is 0. The molecule has 1 heterocycles. The molecule has 0 aliphatic carbocycles. The van der Waals surface area contributed by atoms with Crippen LogP contribution in [0.3, 0.4) is 0 Å². The minimum absolute atomic E-state index is 0.180. The third-order valence-electron chi connectivity index (χ3n) is 5.33. The number of carbonyl (C=O) groups excluding carboxylic acids is 2. The molecule has 2 N–H and O–H groups in total. The van der Waals surface area contributed by atoms with Crippen LogP contribution in [0.4, 0.5) is 0 Å². The SMILES string of the molecule is CC(C)(C(=O)N1CCN(Cc2ccc(C(N)=O)cc2)CC1)c1ccccc1. The molecule has 1 aliphatic heterocycles. The summed E-state index contributed by atoms with van der Waals surface area (Å²) in [4.78, 5) is 28.5. The Morgan fingerprint density at radius 2 is 1.52 bits per heavy atom. The van der Waals surface area contributed by atoms with Crippen LogP contribution in [0.5, 0.6) is 0 Å². The highest BCUT2D eigenvalue weighted by Gasteiger charge is 2.34. The van der Waals surface area contributed by atoms with Gasteiger partial charge in [-0.05, 0) is 37.1 Å². The molecule has 2 aromatic carbocycles. The fraction of sp³-hybridized carbons (Fsp3) is 0.364. The van der Waals surface area contributed by atoms with Gasteiger partial charge >= 0.3 is 0 Å². The van der Waals surface area contributed by atoms with E-state index in [0.29, 0.717) is 5.56 Å². The van der Waals surface area contributed by atoms with Crippen LogP contribution in [-0.2, 0) is 16.8 Å². The van der Waals surface area contributed by atoms with Crippen LogP contribution in [0, 0.1) is 0 Å². The van der Waals surface area contributed by atoms with Gasteiger partial charge in [0.05, 0.1) is 5.41 Å². The summed E-state index contributed by atoms with van der Waals surface area (Å²) in [5.41, 5.74) is 7.48. The van der Waals surface area contributed by atoms with Crippen molar-refractivity contribution in [2.75, 3.05) is 26.2 Å². The van der Waals surface area contributed by atoms with E-state index in [1.54, 1.807) is 12.1 Å². The van der Waals surface area contributed by atoms with Crippen LogP contribution < -0.4 is 5.73 Å². The van der Waals surface area contributed by atoms with Gasteiger partial charge in [-0.2, -0.15) is 0 Å². The zero-order valence-electron chi connectivity index (χ0n) is 16.0. The molecule has 0 bridgehead atoms. The van der Waals surface area contributed by atoms with Gasteiger partial charge in [0, 0.05) is 38.3 Å². The maximum atomic E-state index is 13.1. The molecule has 1 aliphatic rings. The van der Waals surface area contributed by atoms with Gasteiger partial charge < -0.3 is 10.6 Å². The highest BCUT2D eigenvalue weighted by molar-refractivity contribution is 5.92. The fourth-order valence-corrected chi connectivity index (χ4v) is 3.52. The molecule has 0 saturated carbocycles. The van der Waals surface area contributed by atoms with Gasteiger partial charge in [-0.25, -0.2) is 0 Å². The quantitative estimate of drug-likeness (QED) is 0.885. The molecule has 0 spiro atoms. The van der Waals surface area contributed by atoms with Crippen molar-refractivity contribution in [2.45, 2.75) is 25.8 Å². The number of benzene rings is 2. The van der Waals surface area contributed by atoms with Crippen LogP contribution in [-0.4, -0.2) is 47.8 Å². The molecule has 2 aromatic rings. The first-order valence-electron chi connectivity index (χ1n) is 9.34. The van der Waals surface area contributed by atoms with E-state index in [1.807, 2.05) is 61.2 Å². The van der Waals surface area contributed by atoms with Gasteiger partial charge in [-0.3, -0.25) is 14.5 Å². The van der Waals surface area contributed by atoms with Crippen LogP contribution >= 0.6 is 0 Å². The number of primary amides is 1. The maximum absolute atomic E-state index is 13.1. The zero-order valence-corrected chi connectivity index (χ0v) is 16.0. The lowest BCUT2D eigenvalue weighted by atomic mass is 9.83. The topological polar surface area (TPSA) is 66.6 Å². The zero-order chi connectivity index (χ0) is 19.4. The van der Waals surface area contributed by atoms with Crippen molar-refractivity contribution in [2.24, 2.45) is 5.73 Å². The second-order valence-electron chi connectivity index (χ2n) is 7.62. The Bertz CT molecular complexity index is 792. The third kappa shape index (κ3) is 4.37. The second-order valence-corrected chi connectivity index (χ2v) is 7.62. The van der Waals surface area contributed by atoms with Crippen molar-refractivity contribution in [3.8, 4) is 0 Å². The van der Waals surface area contributed by atoms with Gasteiger partial charge in [-0.15, -0.1) is 0 Å². The lowest BCUT2D eigenvalue weighted by Crippen LogP contribution is -2.52. The first kappa shape index (κ1) is 19.1. The van der Waals surface area contributed by atoms with Crippen LogP contribution in [0.25, 0.3) is 0 Å². The summed E-state index contributed by atoms with van der Waals surface area (Å²) in [6, 6.07) is 17.4. The summed E-state index contributed by atoms with van der Waals surface area (Å²) in [6.45, 7) is 7.95. The summed E-state index contributed by atoms with van der Waals surface area (Å²) in [5.74, 6) is -0.228. The number of hydrogen-bond donors (Lipinski definition) is 1. The number of nitrogens with two attached hydrogens (primary N) is 1. The van der Waals surface area contributed by atoms with E-state index in [2.05, 4.69) is 4.90 Å². The number of carbonyl (C=O) groups is 2. The highest BCUT2D eigenvalue weighted by Crippen LogP contribution is 2.26. The predicted molar refractivity (Wildman–Crippen MR) is 106 cm³/mol. The molecule has 0 atom stereocenters. The van der Waals surface area contributed by atoms with Gasteiger partial charge in [0.25, 0.3) is 0 Å². The minimum Gasteiger partial charge on any atom is -0.366 e. The van der Waals surface area contributed by atoms with Crippen molar-refractivity contribution in [3.63, 3.8) is 0 Å². The van der Waals surface area contributed by atoms with Crippen molar-refractivity contribution in [1.82, 2.24) is 9.80 Å². The summed E-state index contributed by atoms with van der Waals surface area (Å²) in [7, 11) is 0. The Kier molecular flexibility index (Phi) is 5.61. The summed E-state index contributed by atoms with van der Waals surface area (Å²) < 4.78 is 0. The number of rotatable bonds is 5. The number of hydrogen-bond acceptors (Lipinski definition) is 3. The van der Waals surface area contributed by atoms with Crippen molar-refractivity contribution < 1.29 is 9.59 Å².